The summed E-state index contributed by atoms with van der Waals surface area (Å²) in [6.45, 7) is 0. The minimum absolute atomic E-state index is 0.0577. The highest BCUT2D eigenvalue weighted by Gasteiger charge is 2.27. The zero-order chi connectivity index (χ0) is 14.9. The fourth-order valence-corrected chi connectivity index (χ4v) is 5.04. The number of anilines is 1. The molecule has 1 aliphatic heterocycles. The average Bonchev–Trinajstić information content (AvgIpc) is 2.41. The van der Waals surface area contributed by atoms with E-state index in [1.807, 2.05) is 0 Å². The molecule has 0 aliphatic carbocycles. The van der Waals surface area contributed by atoms with Gasteiger partial charge in [0.15, 0.2) is 5.82 Å². The van der Waals surface area contributed by atoms with Gasteiger partial charge in [0.2, 0.25) is 10.0 Å². The Labute approximate surface area is 134 Å². The van der Waals surface area contributed by atoms with E-state index in [2.05, 4.69) is 20.7 Å². The Morgan fingerprint density at radius 1 is 1.55 bits per heavy atom. The molecule has 0 amide bonds. The van der Waals surface area contributed by atoms with Crippen LogP contribution in [0.25, 0.3) is 0 Å². The number of hydrogen-bond donors (Lipinski definition) is 2. The van der Waals surface area contributed by atoms with Crippen molar-refractivity contribution < 1.29 is 12.8 Å². The smallest absolute Gasteiger partial charge is 0.243 e. The minimum Gasteiger partial charge on any atom is -0.395 e. The molecule has 0 bridgehead atoms. The van der Waals surface area contributed by atoms with Gasteiger partial charge in [-0.15, -0.1) is 0 Å². The van der Waals surface area contributed by atoms with Crippen LogP contribution in [0.5, 0.6) is 0 Å². The van der Waals surface area contributed by atoms with Gasteiger partial charge < -0.3 is 5.73 Å². The molecule has 0 radical (unpaired) electrons. The Bertz CT molecular complexity index is 621. The molecule has 0 spiro atoms. The quantitative estimate of drug-likeness (QED) is 0.601. The molecule has 1 aromatic carbocycles. The number of rotatable bonds is 3. The summed E-state index contributed by atoms with van der Waals surface area (Å²) in [7, 11) is -3.98. The highest BCUT2D eigenvalue weighted by molar-refractivity contribution is 9.10. The summed E-state index contributed by atoms with van der Waals surface area (Å²) >= 11 is 10.5. The zero-order valence-electron chi connectivity index (χ0n) is 10.3. The average molecular weight is 404 g/mol. The van der Waals surface area contributed by atoms with E-state index < -0.39 is 20.7 Å². The van der Waals surface area contributed by atoms with Crippen molar-refractivity contribution in [3.8, 4) is 0 Å². The Hall–Kier alpha value is -0.0200. The van der Waals surface area contributed by atoms with Gasteiger partial charge >= 0.3 is 0 Å². The number of nitrogens with two attached hydrogens (primary N) is 1. The van der Waals surface area contributed by atoms with Crippen LogP contribution in [0.1, 0.15) is 12.8 Å². The second kappa shape index (κ2) is 6.39. The number of nitrogens with one attached hydrogen (secondary N) is 1. The number of hydrogen-bond acceptors (Lipinski definition) is 4. The fourth-order valence-electron chi connectivity index (χ4n) is 1.91. The molecule has 4 nitrogen and oxygen atoms in total. The van der Waals surface area contributed by atoms with Crippen LogP contribution in [0.2, 0.25) is 5.02 Å². The summed E-state index contributed by atoms with van der Waals surface area (Å²) in [5.41, 5.74) is 5.20. The van der Waals surface area contributed by atoms with Gasteiger partial charge in [-0.25, -0.2) is 17.5 Å². The van der Waals surface area contributed by atoms with Crippen LogP contribution >= 0.6 is 39.3 Å². The highest BCUT2D eigenvalue weighted by Crippen LogP contribution is 2.34. The van der Waals surface area contributed by atoms with Gasteiger partial charge in [0.25, 0.3) is 0 Å². The minimum atomic E-state index is -3.98. The Morgan fingerprint density at radius 3 is 2.85 bits per heavy atom. The third kappa shape index (κ3) is 3.41. The van der Waals surface area contributed by atoms with E-state index in [-0.39, 0.29) is 21.2 Å². The molecule has 0 saturated carbocycles. The molecule has 1 fully saturated rings. The van der Waals surface area contributed by atoms with E-state index in [4.69, 9.17) is 17.3 Å². The Kier molecular flexibility index (Phi) is 5.23. The maximum atomic E-state index is 14.1. The van der Waals surface area contributed by atoms with Crippen LogP contribution in [-0.2, 0) is 10.0 Å². The van der Waals surface area contributed by atoms with Crippen LogP contribution in [0.15, 0.2) is 15.4 Å². The van der Waals surface area contributed by atoms with Crippen LogP contribution in [0.4, 0.5) is 10.1 Å². The summed E-state index contributed by atoms with van der Waals surface area (Å²) in [6, 6.07) is 0.872. The molecule has 1 atom stereocenters. The van der Waals surface area contributed by atoms with Crippen molar-refractivity contribution in [2.75, 3.05) is 17.2 Å². The van der Waals surface area contributed by atoms with Gasteiger partial charge in [-0.3, -0.25) is 0 Å². The molecule has 20 heavy (non-hydrogen) atoms. The SMILES string of the molecule is Nc1c(F)c(S(=O)(=O)NC2CCCSC2)cc(Cl)c1Br. The summed E-state index contributed by atoms with van der Waals surface area (Å²) in [5.74, 6) is 0.710. The predicted molar refractivity (Wildman–Crippen MR) is 84.2 cm³/mol. The van der Waals surface area contributed by atoms with Crippen LogP contribution in [0, 0.1) is 5.82 Å². The van der Waals surface area contributed by atoms with E-state index in [0.717, 1.165) is 24.7 Å². The number of thioether (sulfide) groups is 1. The van der Waals surface area contributed by atoms with Crippen molar-refractivity contribution in [2.45, 2.75) is 23.8 Å². The molecular formula is C11H13BrClFN2O2S2. The normalized spacial score (nSPS) is 20.1. The maximum absolute atomic E-state index is 14.1. The second-order valence-corrected chi connectivity index (χ2v) is 8.47. The molecule has 3 N–H and O–H groups in total. The molecule has 1 aliphatic rings. The van der Waals surface area contributed by atoms with Crippen LogP contribution < -0.4 is 10.5 Å². The van der Waals surface area contributed by atoms with Crippen molar-refractivity contribution in [2.24, 2.45) is 0 Å². The Morgan fingerprint density at radius 2 is 2.25 bits per heavy atom. The van der Waals surface area contributed by atoms with Gasteiger partial charge in [0.1, 0.15) is 4.90 Å². The first-order chi connectivity index (χ1) is 9.33. The number of halogens is 3. The Balaban J connectivity index is 2.34. The van der Waals surface area contributed by atoms with Gasteiger partial charge in [0.05, 0.1) is 15.2 Å². The molecule has 9 heteroatoms. The summed E-state index contributed by atoms with van der Waals surface area (Å²) in [4.78, 5) is -0.515. The lowest BCUT2D eigenvalue weighted by Gasteiger charge is -2.22. The van der Waals surface area contributed by atoms with Gasteiger partial charge in [-0.1, -0.05) is 11.6 Å². The molecule has 1 saturated heterocycles. The summed E-state index contributed by atoms with van der Waals surface area (Å²) in [6.07, 6.45) is 1.68. The zero-order valence-corrected chi connectivity index (χ0v) is 14.3. The maximum Gasteiger partial charge on any atom is 0.243 e. The summed E-state index contributed by atoms with van der Waals surface area (Å²) < 4.78 is 41.2. The van der Waals surface area contributed by atoms with Crippen molar-refractivity contribution in [1.82, 2.24) is 4.72 Å². The van der Waals surface area contributed by atoms with Gasteiger partial charge in [-0.2, -0.15) is 11.8 Å². The van der Waals surface area contributed by atoms with E-state index in [1.54, 1.807) is 11.8 Å². The van der Waals surface area contributed by atoms with E-state index in [1.165, 1.54) is 0 Å². The lowest BCUT2D eigenvalue weighted by Crippen LogP contribution is -2.38. The topological polar surface area (TPSA) is 72.2 Å². The van der Waals surface area contributed by atoms with Crippen LogP contribution in [0.3, 0.4) is 0 Å². The van der Waals surface area contributed by atoms with E-state index in [0.29, 0.717) is 5.75 Å². The van der Waals surface area contributed by atoms with E-state index >= 15 is 0 Å². The molecule has 0 aromatic heterocycles. The highest BCUT2D eigenvalue weighted by atomic mass is 79.9. The van der Waals surface area contributed by atoms with Crippen molar-refractivity contribution >= 4 is 55.0 Å². The molecule has 1 unspecified atom stereocenters. The standard InChI is InChI=1S/C11H13BrClFN2O2S2/c12-9-7(13)4-8(10(14)11(9)15)20(17,18)16-6-2-1-3-19-5-6/h4,6,16H,1-3,5,15H2. The first-order valence-electron chi connectivity index (χ1n) is 5.86. The van der Waals surface area contributed by atoms with Crippen molar-refractivity contribution in [1.29, 1.82) is 0 Å². The van der Waals surface area contributed by atoms with Gasteiger partial charge in [-0.05, 0) is 40.6 Å². The number of benzene rings is 1. The molecule has 2 rings (SSSR count). The van der Waals surface area contributed by atoms with E-state index in [9.17, 15) is 12.8 Å². The monoisotopic (exact) mass is 402 g/mol. The molecular weight excluding hydrogens is 391 g/mol. The van der Waals surface area contributed by atoms with Crippen molar-refractivity contribution in [3.63, 3.8) is 0 Å². The largest absolute Gasteiger partial charge is 0.395 e. The third-order valence-electron chi connectivity index (χ3n) is 2.93. The molecule has 112 valence electrons. The van der Waals surface area contributed by atoms with Crippen molar-refractivity contribution in [3.05, 3.63) is 21.4 Å². The fraction of sp³-hybridized carbons (Fsp3) is 0.455. The first kappa shape index (κ1) is 16.4. The first-order valence-corrected chi connectivity index (χ1v) is 9.67. The number of nitrogen functional groups attached to an aromatic ring is 1. The lowest BCUT2D eigenvalue weighted by atomic mass is 10.2. The van der Waals surface area contributed by atoms with Gasteiger partial charge in [0, 0.05) is 11.8 Å². The van der Waals surface area contributed by atoms with Crippen LogP contribution in [-0.4, -0.2) is 26.0 Å². The molecule has 1 heterocycles. The number of sulfonamides is 1. The predicted octanol–water partition coefficient (Wildman–Crippen LogP) is 3.00. The third-order valence-corrected chi connectivity index (χ3v) is 7.04. The summed E-state index contributed by atoms with van der Waals surface area (Å²) in [5, 5.41) is 0.0577. The lowest BCUT2D eigenvalue weighted by molar-refractivity contribution is 0.531. The second-order valence-electron chi connectivity index (χ2n) is 4.43. The molecule has 1 aromatic rings.